The molecule has 0 saturated carbocycles. The molecule has 38 heavy (non-hydrogen) atoms. The van der Waals surface area contributed by atoms with Crippen LogP contribution in [0.1, 0.15) is 30.6 Å². The van der Waals surface area contributed by atoms with Gasteiger partial charge in [-0.3, -0.25) is 9.59 Å². The molecule has 0 unspecified atom stereocenters. The fourth-order valence-electron chi connectivity index (χ4n) is 4.84. The van der Waals surface area contributed by atoms with Gasteiger partial charge in [0.25, 0.3) is 11.8 Å². The molecule has 2 aliphatic heterocycles. The van der Waals surface area contributed by atoms with E-state index in [1.807, 2.05) is 0 Å². The van der Waals surface area contributed by atoms with Gasteiger partial charge < -0.3 is 24.4 Å². The molecule has 2 aliphatic rings. The van der Waals surface area contributed by atoms with Crippen LogP contribution < -0.4 is 14.8 Å². The van der Waals surface area contributed by atoms with E-state index in [0.29, 0.717) is 74.0 Å². The van der Waals surface area contributed by atoms with Gasteiger partial charge in [-0.05, 0) is 60.7 Å². The largest absolute Gasteiger partial charge is 0.493 e. The number of morpholine rings is 1. The Morgan fingerprint density at radius 2 is 1.66 bits per heavy atom. The maximum absolute atomic E-state index is 13.1. The lowest BCUT2D eigenvalue weighted by molar-refractivity contribution is -0.137. The van der Waals surface area contributed by atoms with Gasteiger partial charge in [0.1, 0.15) is 0 Å². The van der Waals surface area contributed by atoms with Gasteiger partial charge in [0, 0.05) is 37.4 Å². The molecule has 2 atom stereocenters. The van der Waals surface area contributed by atoms with Gasteiger partial charge >= 0.3 is 0 Å². The predicted molar refractivity (Wildman–Crippen MR) is 142 cm³/mol. The lowest BCUT2D eigenvalue weighted by Crippen LogP contribution is -2.43. The van der Waals surface area contributed by atoms with Gasteiger partial charge in [-0.25, -0.2) is 8.42 Å². The molecule has 0 radical (unpaired) electrons. The number of carbonyl (C=O) groups excluding carboxylic acids is 2. The van der Waals surface area contributed by atoms with E-state index in [1.165, 1.54) is 25.3 Å². The summed E-state index contributed by atoms with van der Waals surface area (Å²) >= 11 is 0. The average molecular weight is 546 g/mol. The van der Waals surface area contributed by atoms with E-state index in [1.54, 1.807) is 33.5 Å². The summed E-state index contributed by atoms with van der Waals surface area (Å²) in [5.74, 6) is 0.748. The number of hydrogen-bond acceptors (Lipinski definition) is 7. The molecule has 0 aliphatic carbocycles. The first kappa shape index (κ1) is 27.9. The average Bonchev–Trinajstić information content (AvgIpc) is 2.91. The summed E-state index contributed by atoms with van der Waals surface area (Å²) in [6, 6.07) is 10.9. The maximum Gasteiger partial charge on any atom is 0.260 e. The fourth-order valence-corrected chi connectivity index (χ4v) is 6.52. The molecule has 0 spiro atoms. The van der Waals surface area contributed by atoms with Crippen molar-refractivity contribution in [2.24, 2.45) is 11.8 Å². The molecule has 2 aromatic rings. The number of sulfonamides is 1. The number of anilines is 1. The third kappa shape index (κ3) is 6.64. The van der Waals surface area contributed by atoms with Gasteiger partial charge in [-0.1, -0.05) is 13.8 Å². The Balaban J connectivity index is 1.38. The molecule has 0 aromatic heterocycles. The van der Waals surface area contributed by atoms with Crippen LogP contribution in [0.15, 0.2) is 47.4 Å². The Hall–Kier alpha value is -3.15. The van der Waals surface area contributed by atoms with Crippen LogP contribution in [0.3, 0.4) is 0 Å². The molecular weight excluding hydrogens is 510 g/mol. The van der Waals surface area contributed by atoms with Crippen LogP contribution in [0.25, 0.3) is 0 Å². The fraction of sp³-hybridized carbons (Fsp3) is 0.481. The number of hydrogen-bond donors (Lipinski definition) is 1. The Morgan fingerprint density at radius 1 is 1.00 bits per heavy atom. The number of nitrogens with zero attached hydrogens (tertiary/aromatic N) is 2. The van der Waals surface area contributed by atoms with Crippen LogP contribution in [0.2, 0.25) is 0 Å². The van der Waals surface area contributed by atoms with Crippen LogP contribution >= 0.6 is 0 Å². The molecule has 2 fully saturated rings. The molecule has 2 saturated heterocycles. The zero-order valence-corrected chi connectivity index (χ0v) is 22.8. The molecule has 2 heterocycles. The van der Waals surface area contributed by atoms with E-state index in [-0.39, 0.29) is 17.4 Å². The number of nitrogens with one attached hydrogen (secondary N) is 1. The van der Waals surface area contributed by atoms with Crippen molar-refractivity contribution >= 4 is 27.5 Å². The van der Waals surface area contributed by atoms with Crippen LogP contribution in [-0.4, -0.2) is 82.5 Å². The minimum atomic E-state index is -3.60. The lowest BCUT2D eigenvalue weighted by atomic mass is 9.94. The zero-order chi connectivity index (χ0) is 27.3. The highest BCUT2D eigenvalue weighted by atomic mass is 32.2. The second-order valence-electron chi connectivity index (χ2n) is 9.89. The summed E-state index contributed by atoms with van der Waals surface area (Å²) < 4.78 is 44.0. The number of ether oxygens (including phenoxy) is 3. The summed E-state index contributed by atoms with van der Waals surface area (Å²) in [5, 5.41) is 2.78. The number of amides is 2. The quantitative estimate of drug-likeness (QED) is 0.543. The Labute approximate surface area is 223 Å². The van der Waals surface area contributed by atoms with E-state index in [4.69, 9.17) is 14.2 Å². The number of benzene rings is 2. The normalized spacial score (nSPS) is 20.6. The summed E-state index contributed by atoms with van der Waals surface area (Å²) in [5.41, 5.74) is 0.784. The highest BCUT2D eigenvalue weighted by Crippen LogP contribution is 2.29. The number of piperidine rings is 1. The van der Waals surface area contributed by atoms with Gasteiger partial charge in [0.05, 0.1) is 25.2 Å². The first-order valence-corrected chi connectivity index (χ1v) is 14.2. The number of methoxy groups -OCH3 is 1. The minimum absolute atomic E-state index is 0.146. The molecule has 206 valence electrons. The topological polar surface area (TPSA) is 114 Å². The Kier molecular flexibility index (Phi) is 8.91. The second kappa shape index (κ2) is 12.1. The van der Waals surface area contributed by atoms with Crippen molar-refractivity contribution in [2.75, 3.05) is 58.4 Å². The van der Waals surface area contributed by atoms with Gasteiger partial charge in [-0.2, -0.15) is 4.31 Å². The van der Waals surface area contributed by atoms with Crippen molar-refractivity contribution in [3.63, 3.8) is 0 Å². The summed E-state index contributed by atoms with van der Waals surface area (Å²) in [6.07, 6.45) is 1.02. The summed E-state index contributed by atoms with van der Waals surface area (Å²) in [7, 11) is -2.15. The third-order valence-electron chi connectivity index (χ3n) is 6.73. The molecule has 2 amide bonds. The van der Waals surface area contributed by atoms with Gasteiger partial charge in [0.2, 0.25) is 10.0 Å². The monoisotopic (exact) mass is 545 g/mol. The molecule has 10 nitrogen and oxygen atoms in total. The van der Waals surface area contributed by atoms with E-state index in [0.717, 1.165) is 6.42 Å². The highest BCUT2D eigenvalue weighted by Gasteiger charge is 2.31. The molecule has 4 rings (SSSR count). The Morgan fingerprint density at radius 3 is 2.29 bits per heavy atom. The first-order chi connectivity index (χ1) is 18.2. The van der Waals surface area contributed by atoms with Crippen LogP contribution in [0.4, 0.5) is 5.69 Å². The zero-order valence-electron chi connectivity index (χ0n) is 22.0. The standard InChI is InChI=1S/C27H35N3O7S/c1-19-14-20(2)17-30(16-19)38(33,34)23-7-5-22(6-8-23)28-27(32)21-4-9-24(25(15-21)35-3)37-18-26(31)29-10-12-36-13-11-29/h4-9,15,19-20H,10-14,16-18H2,1-3H3,(H,28,32)/t19-,20+. The van der Waals surface area contributed by atoms with E-state index in [2.05, 4.69) is 19.2 Å². The van der Waals surface area contributed by atoms with E-state index in [9.17, 15) is 18.0 Å². The lowest BCUT2D eigenvalue weighted by Gasteiger charge is -2.34. The van der Waals surface area contributed by atoms with E-state index < -0.39 is 15.9 Å². The van der Waals surface area contributed by atoms with Crippen LogP contribution in [0, 0.1) is 11.8 Å². The van der Waals surface area contributed by atoms with Crippen LogP contribution in [0.5, 0.6) is 11.5 Å². The van der Waals surface area contributed by atoms with Crippen molar-refractivity contribution in [2.45, 2.75) is 25.2 Å². The van der Waals surface area contributed by atoms with Gasteiger partial charge in [-0.15, -0.1) is 0 Å². The SMILES string of the molecule is COc1cc(C(=O)Nc2ccc(S(=O)(=O)N3C[C@H](C)C[C@H](C)C3)cc2)ccc1OCC(=O)N1CCOCC1. The number of rotatable bonds is 8. The van der Waals surface area contributed by atoms with Crippen molar-refractivity contribution in [3.05, 3.63) is 48.0 Å². The first-order valence-electron chi connectivity index (χ1n) is 12.7. The molecule has 11 heteroatoms. The highest BCUT2D eigenvalue weighted by molar-refractivity contribution is 7.89. The summed E-state index contributed by atoms with van der Waals surface area (Å²) in [4.78, 5) is 27.1. The molecule has 1 N–H and O–H groups in total. The van der Waals surface area contributed by atoms with E-state index >= 15 is 0 Å². The van der Waals surface area contributed by atoms with Crippen molar-refractivity contribution < 1.29 is 32.2 Å². The maximum atomic E-state index is 13.1. The predicted octanol–water partition coefficient (Wildman–Crippen LogP) is 2.85. The van der Waals surface area contributed by atoms with Crippen molar-refractivity contribution in [3.8, 4) is 11.5 Å². The van der Waals surface area contributed by atoms with Crippen LogP contribution in [-0.2, 0) is 19.6 Å². The van der Waals surface area contributed by atoms with Crippen molar-refractivity contribution in [1.29, 1.82) is 0 Å². The molecule has 0 bridgehead atoms. The molecule has 2 aromatic carbocycles. The molecular formula is C27H35N3O7S. The third-order valence-corrected chi connectivity index (χ3v) is 8.57. The Bertz CT molecular complexity index is 1230. The number of carbonyl (C=O) groups is 2. The van der Waals surface area contributed by atoms with Gasteiger partial charge in [0.15, 0.2) is 18.1 Å². The van der Waals surface area contributed by atoms with Crippen molar-refractivity contribution in [1.82, 2.24) is 9.21 Å². The summed E-state index contributed by atoms with van der Waals surface area (Å²) in [6.45, 7) is 7.08. The second-order valence-corrected chi connectivity index (χ2v) is 11.8. The smallest absolute Gasteiger partial charge is 0.260 e. The minimum Gasteiger partial charge on any atom is -0.493 e.